The maximum absolute atomic E-state index is 13.0. The van der Waals surface area contributed by atoms with Crippen LogP contribution in [0.1, 0.15) is 60.6 Å². The van der Waals surface area contributed by atoms with Gasteiger partial charge in [0.2, 0.25) is 5.91 Å². The molecule has 1 aliphatic heterocycles. The van der Waals surface area contributed by atoms with Crippen molar-refractivity contribution in [3.05, 3.63) is 21.4 Å². The van der Waals surface area contributed by atoms with Crippen LogP contribution in [0, 0.1) is 11.3 Å². The molecule has 0 aromatic carbocycles. The molecular weight excluding hydrogens is 332 g/mol. The zero-order valence-corrected chi connectivity index (χ0v) is 16.7. The van der Waals surface area contributed by atoms with Crippen LogP contribution in [0.25, 0.3) is 0 Å². The predicted octanol–water partition coefficient (Wildman–Crippen LogP) is 3.59. The average molecular weight is 363 g/mol. The number of hydrogen-bond acceptors (Lipinski definition) is 3. The SMILES string of the molecule is CC(=O)N1CCCN(C(=O)c2cc3c(s2)CCC(C(C)(C)C)C3)CC1. The number of rotatable bonds is 1. The molecule has 0 radical (unpaired) electrons. The van der Waals surface area contributed by atoms with Gasteiger partial charge in [-0.1, -0.05) is 20.8 Å². The summed E-state index contributed by atoms with van der Waals surface area (Å²) in [7, 11) is 0. The lowest BCUT2D eigenvalue weighted by Gasteiger charge is -2.33. The summed E-state index contributed by atoms with van der Waals surface area (Å²) < 4.78 is 0. The highest BCUT2D eigenvalue weighted by Gasteiger charge is 2.31. The van der Waals surface area contributed by atoms with Crippen LogP contribution < -0.4 is 0 Å². The van der Waals surface area contributed by atoms with Crippen molar-refractivity contribution in [2.24, 2.45) is 11.3 Å². The van der Waals surface area contributed by atoms with E-state index in [0.717, 1.165) is 37.2 Å². The lowest BCUT2D eigenvalue weighted by Crippen LogP contribution is -2.36. The number of hydrogen-bond donors (Lipinski definition) is 0. The molecule has 4 nitrogen and oxygen atoms in total. The molecule has 25 heavy (non-hydrogen) atoms. The standard InChI is InChI=1S/C20H30N2O2S/c1-14(23)21-8-5-9-22(11-10-21)19(24)18-13-15-12-16(20(2,3)4)6-7-17(15)25-18/h13,16H,5-12H2,1-4H3. The second-order valence-electron chi connectivity index (χ2n) is 8.52. The Labute approximate surface area is 155 Å². The number of fused-ring (bicyclic) bond motifs is 1. The van der Waals surface area contributed by atoms with Crippen LogP contribution in [0.3, 0.4) is 0 Å². The molecular formula is C20H30N2O2S. The van der Waals surface area contributed by atoms with Gasteiger partial charge in [-0.2, -0.15) is 0 Å². The third kappa shape index (κ3) is 4.08. The van der Waals surface area contributed by atoms with Crippen molar-refractivity contribution in [3.63, 3.8) is 0 Å². The maximum atomic E-state index is 13.0. The average Bonchev–Trinajstić information content (AvgIpc) is 2.81. The molecule has 0 N–H and O–H groups in total. The first-order valence-electron chi connectivity index (χ1n) is 9.42. The Hall–Kier alpha value is -1.36. The number of aryl methyl sites for hydroxylation is 1. The highest BCUT2D eigenvalue weighted by molar-refractivity contribution is 7.14. The summed E-state index contributed by atoms with van der Waals surface area (Å²) in [5.74, 6) is 0.950. The van der Waals surface area contributed by atoms with Crippen molar-refractivity contribution in [3.8, 4) is 0 Å². The molecule has 2 amide bonds. The van der Waals surface area contributed by atoms with Crippen LogP contribution >= 0.6 is 11.3 Å². The molecule has 2 heterocycles. The molecule has 1 atom stereocenters. The minimum Gasteiger partial charge on any atom is -0.341 e. The summed E-state index contributed by atoms with van der Waals surface area (Å²) in [5, 5.41) is 0. The quantitative estimate of drug-likeness (QED) is 0.766. The van der Waals surface area contributed by atoms with Crippen LogP contribution in [0.15, 0.2) is 6.07 Å². The van der Waals surface area contributed by atoms with Crippen LogP contribution in [0.5, 0.6) is 0 Å². The molecule has 1 saturated heterocycles. The van der Waals surface area contributed by atoms with Gasteiger partial charge in [0.25, 0.3) is 5.91 Å². The first-order chi connectivity index (χ1) is 11.8. The minimum absolute atomic E-state index is 0.106. The monoisotopic (exact) mass is 362 g/mol. The van der Waals surface area contributed by atoms with Gasteiger partial charge in [0.15, 0.2) is 0 Å². The molecule has 1 unspecified atom stereocenters. The third-order valence-corrected chi connectivity index (χ3v) is 6.97. The summed E-state index contributed by atoms with van der Waals surface area (Å²) in [5.41, 5.74) is 1.71. The Morgan fingerprint density at radius 1 is 1.12 bits per heavy atom. The molecule has 2 aliphatic rings. The Bertz CT molecular complexity index is 659. The number of nitrogens with zero attached hydrogens (tertiary/aromatic N) is 2. The van der Waals surface area contributed by atoms with E-state index in [-0.39, 0.29) is 11.8 Å². The first-order valence-corrected chi connectivity index (χ1v) is 10.2. The Balaban J connectivity index is 1.70. The fourth-order valence-electron chi connectivity index (χ4n) is 3.96. The lowest BCUT2D eigenvalue weighted by atomic mass is 9.72. The van der Waals surface area contributed by atoms with Crippen molar-refractivity contribution >= 4 is 23.2 Å². The van der Waals surface area contributed by atoms with Gasteiger partial charge in [-0.15, -0.1) is 11.3 Å². The van der Waals surface area contributed by atoms with Gasteiger partial charge in [0.05, 0.1) is 4.88 Å². The van der Waals surface area contributed by atoms with E-state index in [0.29, 0.717) is 24.4 Å². The van der Waals surface area contributed by atoms with Gasteiger partial charge in [-0.3, -0.25) is 9.59 Å². The molecule has 1 aromatic heterocycles. The summed E-state index contributed by atoms with van der Waals surface area (Å²) in [6.45, 7) is 11.4. The van der Waals surface area contributed by atoms with Crippen molar-refractivity contribution in [1.82, 2.24) is 9.80 Å². The van der Waals surface area contributed by atoms with Gasteiger partial charge in [0, 0.05) is 38.0 Å². The van der Waals surface area contributed by atoms with E-state index in [1.807, 2.05) is 9.80 Å². The largest absolute Gasteiger partial charge is 0.341 e. The molecule has 0 saturated carbocycles. The van der Waals surface area contributed by atoms with E-state index >= 15 is 0 Å². The van der Waals surface area contributed by atoms with Crippen LogP contribution in [0.2, 0.25) is 0 Å². The van der Waals surface area contributed by atoms with E-state index < -0.39 is 0 Å². The molecule has 0 bridgehead atoms. The number of thiophene rings is 1. The van der Waals surface area contributed by atoms with E-state index in [4.69, 9.17) is 0 Å². The summed E-state index contributed by atoms with van der Waals surface area (Å²) in [6, 6.07) is 2.15. The molecule has 1 aromatic rings. The molecule has 5 heteroatoms. The Morgan fingerprint density at radius 3 is 2.48 bits per heavy atom. The van der Waals surface area contributed by atoms with Gasteiger partial charge in [-0.05, 0) is 48.6 Å². The Kier molecular flexibility index (Phi) is 5.24. The predicted molar refractivity (Wildman–Crippen MR) is 102 cm³/mol. The van der Waals surface area contributed by atoms with Crippen LogP contribution in [0.4, 0.5) is 0 Å². The van der Waals surface area contributed by atoms with Crippen molar-refractivity contribution < 1.29 is 9.59 Å². The highest BCUT2D eigenvalue weighted by atomic mass is 32.1. The van der Waals surface area contributed by atoms with Gasteiger partial charge >= 0.3 is 0 Å². The fraction of sp³-hybridized carbons (Fsp3) is 0.700. The summed E-state index contributed by atoms with van der Waals surface area (Å²) in [6.07, 6.45) is 4.29. The van der Waals surface area contributed by atoms with Gasteiger partial charge < -0.3 is 9.80 Å². The third-order valence-electron chi connectivity index (χ3n) is 5.75. The van der Waals surface area contributed by atoms with Crippen molar-refractivity contribution in [2.45, 2.75) is 53.4 Å². The summed E-state index contributed by atoms with van der Waals surface area (Å²) >= 11 is 1.69. The fourth-order valence-corrected chi connectivity index (χ4v) is 5.14. The molecule has 138 valence electrons. The van der Waals surface area contributed by atoms with Crippen molar-refractivity contribution in [1.29, 1.82) is 0 Å². The van der Waals surface area contributed by atoms with Crippen LogP contribution in [-0.4, -0.2) is 47.8 Å². The number of carbonyl (C=O) groups is 2. The number of carbonyl (C=O) groups excluding carboxylic acids is 2. The van der Waals surface area contributed by atoms with Gasteiger partial charge in [0.1, 0.15) is 0 Å². The second kappa shape index (κ2) is 7.10. The van der Waals surface area contributed by atoms with Crippen molar-refractivity contribution in [2.75, 3.05) is 26.2 Å². The zero-order chi connectivity index (χ0) is 18.2. The lowest BCUT2D eigenvalue weighted by molar-refractivity contribution is -0.128. The molecule has 1 aliphatic carbocycles. The van der Waals surface area contributed by atoms with E-state index in [9.17, 15) is 9.59 Å². The normalized spacial score (nSPS) is 21.7. The number of amides is 2. The maximum Gasteiger partial charge on any atom is 0.263 e. The van der Waals surface area contributed by atoms with E-state index in [1.54, 1.807) is 18.3 Å². The topological polar surface area (TPSA) is 40.6 Å². The molecule has 0 spiro atoms. The van der Waals surface area contributed by atoms with E-state index in [2.05, 4.69) is 26.8 Å². The Morgan fingerprint density at radius 2 is 1.80 bits per heavy atom. The summed E-state index contributed by atoms with van der Waals surface area (Å²) in [4.78, 5) is 30.6. The van der Waals surface area contributed by atoms with Crippen LogP contribution in [-0.2, 0) is 17.6 Å². The highest BCUT2D eigenvalue weighted by Crippen LogP contribution is 2.40. The molecule has 1 fully saturated rings. The van der Waals surface area contributed by atoms with E-state index in [1.165, 1.54) is 16.9 Å². The smallest absolute Gasteiger partial charge is 0.263 e. The first kappa shape index (κ1) is 18.4. The second-order valence-corrected chi connectivity index (χ2v) is 9.65. The molecule has 3 rings (SSSR count). The zero-order valence-electron chi connectivity index (χ0n) is 15.9. The van der Waals surface area contributed by atoms with Gasteiger partial charge in [-0.25, -0.2) is 0 Å². The minimum atomic E-state index is 0.106.